The number of nitrogens with zero attached hydrogens (tertiary/aromatic N) is 4. The molecule has 1 unspecified atom stereocenters. The smallest absolute Gasteiger partial charge is 0.255 e. The lowest BCUT2D eigenvalue weighted by Gasteiger charge is -2.28. The predicted molar refractivity (Wildman–Crippen MR) is 134 cm³/mol. The van der Waals surface area contributed by atoms with Crippen molar-refractivity contribution in [2.24, 2.45) is 0 Å². The number of benzene rings is 2. The molecule has 1 atom stereocenters. The lowest BCUT2D eigenvalue weighted by molar-refractivity contribution is -0.113. The summed E-state index contributed by atoms with van der Waals surface area (Å²) >= 11 is 18.7. The van der Waals surface area contributed by atoms with Gasteiger partial charge in [0, 0.05) is 22.5 Å². The molecule has 170 valence electrons. The Morgan fingerprint density at radius 3 is 2.65 bits per heavy atom. The molecular weight excluding hydrogens is 495 g/mol. The fourth-order valence-electron chi connectivity index (χ4n) is 3.82. The highest BCUT2D eigenvalue weighted by atomic mass is 35.5. The van der Waals surface area contributed by atoms with E-state index in [0.29, 0.717) is 43.8 Å². The number of carbonyl (C=O) groups is 1. The van der Waals surface area contributed by atoms with Gasteiger partial charge in [0.2, 0.25) is 5.95 Å². The molecule has 0 spiro atoms. The van der Waals surface area contributed by atoms with Crippen molar-refractivity contribution < 1.29 is 4.79 Å². The minimum absolute atomic E-state index is 0.306. The molecule has 0 aliphatic carbocycles. The number of amides is 1. The third kappa shape index (κ3) is 4.25. The Morgan fingerprint density at radius 1 is 1.06 bits per heavy atom. The Bertz CT molecular complexity index is 1430. The lowest BCUT2D eigenvalue weighted by Crippen LogP contribution is -2.31. The molecule has 5 rings (SSSR count). The van der Waals surface area contributed by atoms with Gasteiger partial charge in [-0.1, -0.05) is 53.0 Å². The zero-order valence-corrected chi connectivity index (χ0v) is 20.0. The van der Waals surface area contributed by atoms with E-state index in [2.05, 4.69) is 20.6 Å². The fourth-order valence-corrected chi connectivity index (χ4v) is 4.32. The number of nitrogens with one attached hydrogen (secondary N) is 2. The Morgan fingerprint density at radius 2 is 1.91 bits per heavy atom. The van der Waals surface area contributed by atoms with Gasteiger partial charge in [0.05, 0.1) is 27.5 Å². The van der Waals surface area contributed by atoms with E-state index in [9.17, 15) is 4.79 Å². The number of aromatic nitrogens is 4. The molecule has 1 amide bonds. The number of halogens is 3. The summed E-state index contributed by atoms with van der Waals surface area (Å²) in [6.07, 6.45) is 3.22. The number of anilines is 2. The van der Waals surface area contributed by atoms with E-state index in [-0.39, 0.29) is 5.91 Å². The number of allylic oxidation sites excluding steroid dienone is 1. The average Bonchev–Trinajstić information content (AvgIpc) is 3.24. The van der Waals surface area contributed by atoms with Gasteiger partial charge in [-0.15, -0.1) is 5.10 Å². The molecule has 34 heavy (non-hydrogen) atoms. The Labute approximate surface area is 210 Å². The van der Waals surface area contributed by atoms with Crippen LogP contribution < -0.4 is 10.6 Å². The van der Waals surface area contributed by atoms with Crippen LogP contribution in [-0.4, -0.2) is 25.7 Å². The first-order valence-electron chi connectivity index (χ1n) is 10.3. The molecule has 2 N–H and O–H groups in total. The summed E-state index contributed by atoms with van der Waals surface area (Å²) in [4.78, 5) is 22.2. The SMILES string of the molecule is CC1=C(C(=O)Nc2cccnc2)C(c2ccc(Cl)c(Cl)c2)n2nc(-c3cccc(Cl)c3)nc2N1. The van der Waals surface area contributed by atoms with Gasteiger partial charge < -0.3 is 10.6 Å². The molecule has 0 saturated carbocycles. The summed E-state index contributed by atoms with van der Waals surface area (Å²) in [5.74, 6) is 0.651. The van der Waals surface area contributed by atoms with Gasteiger partial charge in [-0.25, -0.2) is 4.68 Å². The molecule has 0 fully saturated rings. The summed E-state index contributed by atoms with van der Waals surface area (Å²) in [5, 5.41) is 12.2. The zero-order valence-electron chi connectivity index (χ0n) is 17.8. The third-order valence-corrected chi connectivity index (χ3v) is 6.33. The second-order valence-electron chi connectivity index (χ2n) is 7.65. The van der Waals surface area contributed by atoms with Crippen molar-refractivity contribution >= 4 is 52.3 Å². The third-order valence-electron chi connectivity index (χ3n) is 5.36. The highest BCUT2D eigenvalue weighted by Crippen LogP contribution is 2.38. The summed E-state index contributed by atoms with van der Waals surface area (Å²) < 4.78 is 1.67. The number of fused-ring (bicyclic) bond motifs is 1. The molecule has 7 nitrogen and oxygen atoms in total. The van der Waals surface area contributed by atoms with Crippen LogP contribution in [0, 0.1) is 0 Å². The number of rotatable bonds is 4. The Balaban J connectivity index is 1.63. The highest BCUT2D eigenvalue weighted by Gasteiger charge is 2.34. The summed E-state index contributed by atoms with van der Waals surface area (Å²) in [6, 6.07) is 15.4. The molecular formula is C24H17Cl3N6O. The van der Waals surface area contributed by atoms with Crippen molar-refractivity contribution in [1.82, 2.24) is 19.7 Å². The van der Waals surface area contributed by atoms with E-state index in [1.807, 2.05) is 25.1 Å². The first-order valence-corrected chi connectivity index (χ1v) is 11.4. The topological polar surface area (TPSA) is 84.7 Å². The van der Waals surface area contributed by atoms with Crippen molar-refractivity contribution in [3.05, 3.63) is 98.9 Å². The van der Waals surface area contributed by atoms with Gasteiger partial charge >= 0.3 is 0 Å². The predicted octanol–water partition coefficient (Wildman–Crippen LogP) is 6.23. The van der Waals surface area contributed by atoms with Crippen LogP contribution in [0.2, 0.25) is 15.1 Å². The van der Waals surface area contributed by atoms with Gasteiger partial charge in [-0.2, -0.15) is 4.98 Å². The molecule has 0 bridgehead atoms. The quantitative estimate of drug-likeness (QED) is 0.339. The van der Waals surface area contributed by atoms with Gasteiger partial charge in [-0.05, 0) is 48.9 Å². The van der Waals surface area contributed by atoms with Crippen molar-refractivity contribution in [3.8, 4) is 11.4 Å². The van der Waals surface area contributed by atoms with E-state index in [1.165, 1.54) is 0 Å². The van der Waals surface area contributed by atoms with Crippen molar-refractivity contribution in [3.63, 3.8) is 0 Å². The van der Waals surface area contributed by atoms with E-state index in [1.54, 1.807) is 53.5 Å². The number of carbonyl (C=O) groups excluding carboxylic acids is 1. The van der Waals surface area contributed by atoms with E-state index < -0.39 is 6.04 Å². The highest BCUT2D eigenvalue weighted by molar-refractivity contribution is 6.42. The van der Waals surface area contributed by atoms with Crippen LogP contribution in [0.5, 0.6) is 0 Å². The summed E-state index contributed by atoms with van der Waals surface area (Å²) in [7, 11) is 0. The van der Waals surface area contributed by atoms with Crippen LogP contribution in [0.15, 0.2) is 78.3 Å². The number of hydrogen-bond acceptors (Lipinski definition) is 5. The van der Waals surface area contributed by atoms with Crippen LogP contribution in [0.1, 0.15) is 18.5 Å². The lowest BCUT2D eigenvalue weighted by atomic mass is 9.95. The minimum Gasteiger partial charge on any atom is -0.328 e. The van der Waals surface area contributed by atoms with Gasteiger partial charge in [0.25, 0.3) is 5.91 Å². The molecule has 10 heteroatoms. The molecule has 0 radical (unpaired) electrons. The van der Waals surface area contributed by atoms with E-state index in [0.717, 1.165) is 11.1 Å². The molecule has 2 aromatic carbocycles. The normalized spacial score (nSPS) is 15.0. The molecule has 1 aliphatic heterocycles. The van der Waals surface area contributed by atoms with Gasteiger partial charge in [-0.3, -0.25) is 9.78 Å². The van der Waals surface area contributed by atoms with Crippen molar-refractivity contribution in [2.45, 2.75) is 13.0 Å². The van der Waals surface area contributed by atoms with Gasteiger partial charge in [0.1, 0.15) is 6.04 Å². The van der Waals surface area contributed by atoms with Crippen LogP contribution in [0.3, 0.4) is 0 Å². The number of hydrogen-bond donors (Lipinski definition) is 2. The Kier molecular flexibility index (Phi) is 6.00. The second kappa shape index (κ2) is 9.10. The molecule has 2 aromatic heterocycles. The van der Waals surface area contributed by atoms with Crippen LogP contribution in [-0.2, 0) is 4.79 Å². The van der Waals surface area contributed by atoms with Crippen LogP contribution in [0.4, 0.5) is 11.6 Å². The monoisotopic (exact) mass is 510 g/mol. The summed E-state index contributed by atoms with van der Waals surface area (Å²) in [6.45, 7) is 1.82. The zero-order chi connectivity index (χ0) is 23.8. The minimum atomic E-state index is -0.608. The fraction of sp³-hybridized carbons (Fsp3) is 0.0833. The van der Waals surface area contributed by atoms with Gasteiger partial charge in [0.15, 0.2) is 5.82 Å². The van der Waals surface area contributed by atoms with E-state index in [4.69, 9.17) is 39.9 Å². The number of pyridine rings is 1. The van der Waals surface area contributed by atoms with Crippen molar-refractivity contribution in [1.29, 1.82) is 0 Å². The van der Waals surface area contributed by atoms with Crippen LogP contribution >= 0.6 is 34.8 Å². The summed E-state index contributed by atoms with van der Waals surface area (Å²) in [5.41, 5.74) is 3.15. The van der Waals surface area contributed by atoms with Crippen molar-refractivity contribution in [2.75, 3.05) is 10.6 Å². The van der Waals surface area contributed by atoms with Crippen LogP contribution in [0.25, 0.3) is 11.4 Å². The maximum atomic E-state index is 13.5. The Hall–Kier alpha value is -3.39. The largest absolute Gasteiger partial charge is 0.328 e. The van der Waals surface area contributed by atoms with E-state index >= 15 is 0 Å². The molecule has 1 aliphatic rings. The molecule has 3 heterocycles. The first kappa shape index (κ1) is 22.4. The first-order chi connectivity index (χ1) is 16.4. The standard InChI is InChI=1S/C24H17Cl3N6O/c1-13-20(23(34)30-17-6-3-9-28-12-17)21(14-7-8-18(26)19(27)11-14)33-24(29-13)31-22(32-33)15-4-2-5-16(25)10-15/h2-12,21H,1H3,(H,30,34)(H,29,31,32). The molecule has 4 aromatic rings. The maximum Gasteiger partial charge on any atom is 0.255 e. The molecule has 0 saturated heterocycles. The second-order valence-corrected chi connectivity index (χ2v) is 8.90. The maximum absolute atomic E-state index is 13.5. The average molecular weight is 512 g/mol.